The number of benzene rings is 2. The van der Waals surface area contributed by atoms with Gasteiger partial charge in [-0.2, -0.15) is 17.5 Å². The summed E-state index contributed by atoms with van der Waals surface area (Å²) < 4.78 is 52.3. The van der Waals surface area contributed by atoms with E-state index >= 15 is 0 Å². The van der Waals surface area contributed by atoms with E-state index in [0.717, 1.165) is 17.3 Å². The minimum atomic E-state index is -4.86. The number of carbonyl (C=O) groups is 1. The number of aromatic nitrogens is 3. The molecule has 0 spiro atoms. The van der Waals surface area contributed by atoms with Gasteiger partial charge in [0.25, 0.3) is 11.5 Å². The van der Waals surface area contributed by atoms with Crippen molar-refractivity contribution in [3.8, 4) is 22.7 Å². The van der Waals surface area contributed by atoms with Crippen molar-refractivity contribution in [1.82, 2.24) is 18.4 Å². The topological polar surface area (TPSA) is 86.4 Å². The van der Waals surface area contributed by atoms with E-state index in [9.17, 15) is 27.6 Å². The van der Waals surface area contributed by atoms with Gasteiger partial charge in [0.05, 0.1) is 16.1 Å². The highest BCUT2D eigenvalue weighted by molar-refractivity contribution is 7.13. The van der Waals surface area contributed by atoms with E-state index in [4.69, 9.17) is 4.74 Å². The van der Waals surface area contributed by atoms with Gasteiger partial charge in [0.15, 0.2) is 6.61 Å². The van der Waals surface area contributed by atoms with E-state index in [1.807, 2.05) is 46.8 Å². The maximum Gasteiger partial charge on any atom is 0.431 e. The van der Waals surface area contributed by atoms with Crippen LogP contribution in [0, 0.1) is 6.92 Å². The van der Waals surface area contributed by atoms with Crippen molar-refractivity contribution < 1.29 is 22.7 Å². The van der Waals surface area contributed by atoms with Gasteiger partial charge >= 0.3 is 11.9 Å². The molecule has 0 aliphatic heterocycles. The van der Waals surface area contributed by atoms with Crippen LogP contribution in [-0.2, 0) is 18.0 Å². The Kier molecular flexibility index (Phi) is 7.93. The van der Waals surface area contributed by atoms with Gasteiger partial charge < -0.3 is 9.64 Å². The fourth-order valence-electron chi connectivity index (χ4n) is 4.74. The molecule has 0 radical (unpaired) electrons. The van der Waals surface area contributed by atoms with Crippen LogP contribution in [0.1, 0.15) is 39.0 Å². The first-order chi connectivity index (χ1) is 18.7. The number of fused-ring (bicyclic) bond motifs is 1. The van der Waals surface area contributed by atoms with Crippen molar-refractivity contribution in [2.75, 3.05) is 6.61 Å². The second-order valence-corrected chi connectivity index (χ2v) is 10.8. The predicted octanol–water partition coefficient (Wildman–Crippen LogP) is 5.16. The summed E-state index contributed by atoms with van der Waals surface area (Å²) in [6.45, 7) is 9.44. The number of rotatable bonds is 7. The maximum atomic E-state index is 13.3. The third-order valence-corrected chi connectivity index (χ3v) is 7.29. The molecule has 0 fully saturated rings. The summed E-state index contributed by atoms with van der Waals surface area (Å²) in [6, 6.07) is 10.5. The Morgan fingerprint density at radius 2 is 1.73 bits per heavy atom. The molecule has 0 atom stereocenters. The summed E-state index contributed by atoms with van der Waals surface area (Å²) in [5.74, 6) is 0.256. The van der Waals surface area contributed by atoms with Crippen LogP contribution in [0.3, 0.4) is 0 Å². The molecule has 2 aromatic carbocycles. The number of hydrogen-bond acceptors (Lipinski definition) is 6. The first-order valence-corrected chi connectivity index (χ1v) is 13.3. The van der Waals surface area contributed by atoms with Gasteiger partial charge in [-0.25, -0.2) is 9.36 Å². The molecule has 212 valence electrons. The van der Waals surface area contributed by atoms with Crippen molar-refractivity contribution in [2.45, 2.75) is 52.9 Å². The molecule has 0 unspecified atom stereocenters. The monoisotopic (exact) mass is 574 g/mol. The van der Waals surface area contributed by atoms with Crippen molar-refractivity contribution in [2.24, 2.45) is 7.05 Å². The van der Waals surface area contributed by atoms with Crippen LogP contribution in [0.15, 0.2) is 52.1 Å². The Bertz CT molecular complexity index is 1690. The number of ether oxygens (including phenoxy) is 1. The van der Waals surface area contributed by atoms with Crippen LogP contribution >= 0.6 is 11.5 Å². The van der Waals surface area contributed by atoms with Crippen LogP contribution in [0.25, 0.3) is 27.0 Å². The van der Waals surface area contributed by atoms with Gasteiger partial charge in [0.1, 0.15) is 11.4 Å². The lowest BCUT2D eigenvalue weighted by Crippen LogP contribution is -2.44. The molecule has 0 aliphatic rings. The van der Waals surface area contributed by atoms with Crippen LogP contribution < -0.4 is 16.0 Å². The lowest BCUT2D eigenvalue weighted by Gasteiger charge is -2.30. The number of halogens is 3. The third-order valence-electron chi connectivity index (χ3n) is 6.46. The van der Waals surface area contributed by atoms with Crippen LogP contribution in [-0.4, -0.2) is 43.0 Å². The molecule has 0 N–H and O–H groups in total. The van der Waals surface area contributed by atoms with Gasteiger partial charge in [-0.15, -0.1) is 0 Å². The van der Waals surface area contributed by atoms with Gasteiger partial charge in [-0.3, -0.25) is 14.2 Å². The average molecular weight is 575 g/mol. The third kappa shape index (κ3) is 5.53. The normalized spacial score (nSPS) is 12.0. The van der Waals surface area contributed by atoms with E-state index in [-0.39, 0.29) is 30.3 Å². The highest BCUT2D eigenvalue weighted by Gasteiger charge is 2.35. The van der Waals surface area contributed by atoms with E-state index in [1.165, 1.54) is 17.6 Å². The molecular weight excluding hydrogens is 545 g/mol. The first kappa shape index (κ1) is 29.1. The summed E-state index contributed by atoms with van der Waals surface area (Å²) in [4.78, 5) is 40.2. The molecule has 2 aromatic heterocycles. The molecule has 1 amide bonds. The summed E-state index contributed by atoms with van der Waals surface area (Å²) >= 11 is 1.18. The van der Waals surface area contributed by atoms with Crippen LogP contribution in [0.4, 0.5) is 13.2 Å². The number of carbonyl (C=O) groups excluding carboxylic acids is 1. The highest BCUT2D eigenvalue weighted by atomic mass is 32.1. The first-order valence-electron chi connectivity index (χ1n) is 12.6. The summed E-state index contributed by atoms with van der Waals surface area (Å²) in [5.41, 5.74) is -1.45. The SMILES string of the molecule is Cc1ccc(OCC(=O)N(C(C)C)C(C)C)c(-c2nsc3ccc(-n4c(=O)cc(C(F)(F)F)n(C)c4=O)cc23)c1. The largest absolute Gasteiger partial charge is 0.483 e. The van der Waals surface area contributed by atoms with Gasteiger partial charge in [0.2, 0.25) is 0 Å². The zero-order chi connectivity index (χ0) is 29.5. The average Bonchev–Trinajstić information content (AvgIpc) is 3.27. The van der Waals surface area contributed by atoms with Crippen LogP contribution in [0.2, 0.25) is 0 Å². The lowest BCUT2D eigenvalue weighted by molar-refractivity contribution is -0.144. The second-order valence-electron chi connectivity index (χ2n) is 10.0. The Hall–Kier alpha value is -3.93. The molecule has 0 saturated carbocycles. The molecule has 40 heavy (non-hydrogen) atoms. The number of aryl methyl sites for hydroxylation is 1. The van der Waals surface area contributed by atoms with E-state index in [1.54, 1.807) is 23.1 Å². The number of alkyl halides is 3. The standard InChI is InChI=1S/C28H29F3N4O4S/c1-15(2)34(16(3)4)25(37)14-39-21-9-7-17(5)11-19(21)26-20-12-18(8-10-22(20)40-32-26)35-24(36)13-23(28(29,30)31)33(6)27(35)38/h7-13,15-16H,14H2,1-6H3. The Balaban J connectivity index is 1.79. The molecule has 4 rings (SSSR count). The Morgan fingerprint density at radius 1 is 1.05 bits per heavy atom. The van der Waals surface area contributed by atoms with E-state index < -0.39 is 23.1 Å². The smallest absolute Gasteiger partial charge is 0.431 e. The lowest BCUT2D eigenvalue weighted by atomic mass is 10.0. The summed E-state index contributed by atoms with van der Waals surface area (Å²) in [6.07, 6.45) is -4.86. The van der Waals surface area contributed by atoms with Gasteiger partial charge in [-0.1, -0.05) is 11.6 Å². The van der Waals surface area contributed by atoms with E-state index in [2.05, 4.69) is 4.37 Å². The summed E-state index contributed by atoms with van der Waals surface area (Å²) in [7, 11) is 0.967. The number of hydrogen-bond donors (Lipinski definition) is 0. The minimum absolute atomic E-state index is 0.00389. The fourth-order valence-corrected chi connectivity index (χ4v) is 5.51. The number of nitrogens with zero attached hydrogens (tertiary/aromatic N) is 4. The van der Waals surface area contributed by atoms with Crippen LogP contribution in [0.5, 0.6) is 5.75 Å². The fraction of sp³-hybridized carbons (Fsp3) is 0.357. The van der Waals surface area contributed by atoms with Gasteiger partial charge in [0, 0.05) is 36.1 Å². The Morgan fingerprint density at radius 3 is 2.35 bits per heavy atom. The predicted molar refractivity (Wildman–Crippen MR) is 148 cm³/mol. The molecule has 0 bridgehead atoms. The molecule has 2 heterocycles. The zero-order valence-corrected chi connectivity index (χ0v) is 23.7. The van der Waals surface area contributed by atoms with Crippen molar-refractivity contribution in [3.63, 3.8) is 0 Å². The maximum absolute atomic E-state index is 13.3. The molecule has 0 saturated heterocycles. The molecule has 12 heteroatoms. The zero-order valence-electron chi connectivity index (χ0n) is 22.9. The molecular formula is C28H29F3N4O4S. The van der Waals surface area contributed by atoms with Crippen molar-refractivity contribution in [1.29, 1.82) is 0 Å². The molecule has 0 aliphatic carbocycles. The minimum Gasteiger partial charge on any atom is -0.483 e. The summed E-state index contributed by atoms with van der Waals surface area (Å²) in [5, 5.41) is 0.573. The number of amides is 1. The van der Waals surface area contributed by atoms with Crippen molar-refractivity contribution in [3.05, 3.63) is 74.6 Å². The van der Waals surface area contributed by atoms with Crippen molar-refractivity contribution >= 4 is 27.5 Å². The van der Waals surface area contributed by atoms with E-state index in [0.29, 0.717) is 37.6 Å². The molecule has 8 nitrogen and oxygen atoms in total. The highest BCUT2D eigenvalue weighted by Crippen LogP contribution is 2.38. The van der Waals surface area contributed by atoms with Gasteiger partial charge in [-0.05, 0) is 76.5 Å². The second kappa shape index (κ2) is 10.9. The quantitative estimate of drug-likeness (QED) is 0.304. The molecule has 4 aromatic rings. The Labute approximate surface area is 232 Å².